The molecule has 26 heavy (non-hydrogen) atoms. The molecule has 0 radical (unpaired) electrons. The van der Waals surface area contributed by atoms with Crippen molar-refractivity contribution in [1.82, 2.24) is 9.78 Å². The summed E-state index contributed by atoms with van der Waals surface area (Å²) in [5.41, 5.74) is 5.79. The maximum Gasteiger partial charge on any atom is 0.225 e. The van der Waals surface area contributed by atoms with E-state index in [1.807, 2.05) is 16.4 Å². The highest BCUT2D eigenvalue weighted by Crippen LogP contribution is 2.37. The Kier molecular flexibility index (Phi) is 5.07. The van der Waals surface area contributed by atoms with Gasteiger partial charge in [-0.1, -0.05) is 43.4 Å². The molecule has 2 heterocycles. The number of anilines is 1. The smallest absolute Gasteiger partial charge is 0.225 e. The topological polar surface area (TPSA) is 46.9 Å². The number of nitrogens with zero attached hydrogens (tertiary/aromatic N) is 2. The molecule has 0 bridgehead atoms. The zero-order valence-corrected chi connectivity index (χ0v) is 16.5. The van der Waals surface area contributed by atoms with E-state index in [0.29, 0.717) is 6.42 Å². The number of nitrogens with one attached hydrogen (secondary N) is 1. The van der Waals surface area contributed by atoms with E-state index in [1.54, 1.807) is 0 Å². The van der Waals surface area contributed by atoms with Crippen LogP contribution in [0.4, 0.5) is 5.82 Å². The summed E-state index contributed by atoms with van der Waals surface area (Å²) in [6.45, 7) is 4.21. The molecule has 0 atom stereocenters. The number of fused-ring (bicyclic) bond motifs is 1. The molecular weight excluding hydrogens is 342 g/mol. The number of thioether (sulfide) groups is 1. The van der Waals surface area contributed by atoms with E-state index in [1.165, 1.54) is 42.4 Å². The van der Waals surface area contributed by atoms with Gasteiger partial charge < -0.3 is 5.32 Å². The van der Waals surface area contributed by atoms with Gasteiger partial charge in [0.2, 0.25) is 5.91 Å². The van der Waals surface area contributed by atoms with Crippen molar-refractivity contribution in [1.29, 1.82) is 0 Å². The average Bonchev–Trinajstić information content (AvgIpc) is 3.32. The Labute approximate surface area is 159 Å². The summed E-state index contributed by atoms with van der Waals surface area (Å²) in [4.78, 5) is 12.6. The third-order valence-corrected chi connectivity index (χ3v) is 6.61. The van der Waals surface area contributed by atoms with Crippen molar-refractivity contribution in [3.8, 4) is 5.69 Å². The lowest BCUT2D eigenvalue weighted by molar-refractivity contribution is -0.116. The molecule has 1 N–H and O–H groups in total. The van der Waals surface area contributed by atoms with E-state index in [9.17, 15) is 4.79 Å². The third-order valence-electron chi connectivity index (χ3n) is 5.64. The molecule has 1 fully saturated rings. The Balaban J connectivity index is 1.57. The van der Waals surface area contributed by atoms with Gasteiger partial charge in [0, 0.05) is 23.5 Å². The van der Waals surface area contributed by atoms with Crippen molar-refractivity contribution in [3.05, 3.63) is 40.6 Å². The van der Waals surface area contributed by atoms with Crippen LogP contribution in [-0.4, -0.2) is 15.7 Å². The molecule has 0 spiro atoms. The van der Waals surface area contributed by atoms with Crippen molar-refractivity contribution < 1.29 is 4.79 Å². The molecule has 1 amide bonds. The van der Waals surface area contributed by atoms with Gasteiger partial charge in [0.25, 0.3) is 0 Å². The molecule has 1 aromatic carbocycles. The Hall–Kier alpha value is -1.75. The standard InChI is InChI=1S/C21H27N3OS/c1-14-7-9-19(15(2)11-14)24-21(17-12-26-13-18(17)23-24)22-20(25)10-8-16-5-3-4-6-16/h7,9,11,16H,3-6,8,10,12-13H2,1-2H3,(H,22,25). The Morgan fingerprint density at radius 3 is 2.85 bits per heavy atom. The molecule has 5 heteroatoms. The van der Waals surface area contributed by atoms with E-state index in [-0.39, 0.29) is 5.91 Å². The van der Waals surface area contributed by atoms with Gasteiger partial charge in [-0.15, -0.1) is 0 Å². The van der Waals surface area contributed by atoms with Gasteiger partial charge in [-0.05, 0) is 37.8 Å². The Morgan fingerprint density at radius 2 is 2.08 bits per heavy atom. The van der Waals surface area contributed by atoms with Crippen molar-refractivity contribution >= 4 is 23.5 Å². The first-order valence-electron chi connectivity index (χ1n) is 9.68. The van der Waals surface area contributed by atoms with Gasteiger partial charge in [-0.3, -0.25) is 4.79 Å². The number of benzene rings is 1. The van der Waals surface area contributed by atoms with E-state index in [0.717, 1.165) is 41.0 Å². The van der Waals surface area contributed by atoms with Crippen molar-refractivity contribution in [3.63, 3.8) is 0 Å². The van der Waals surface area contributed by atoms with Crippen LogP contribution in [0.5, 0.6) is 0 Å². The van der Waals surface area contributed by atoms with Gasteiger partial charge in [0.1, 0.15) is 5.82 Å². The van der Waals surface area contributed by atoms with Crippen LogP contribution in [0, 0.1) is 19.8 Å². The molecule has 1 aliphatic heterocycles. The average molecular weight is 370 g/mol. The first-order chi connectivity index (χ1) is 12.6. The van der Waals surface area contributed by atoms with Crippen LogP contribution in [0.3, 0.4) is 0 Å². The van der Waals surface area contributed by atoms with Crippen LogP contribution in [-0.2, 0) is 16.3 Å². The zero-order valence-electron chi connectivity index (χ0n) is 15.7. The van der Waals surface area contributed by atoms with Crippen LogP contribution in [0.1, 0.15) is 60.9 Å². The SMILES string of the molecule is Cc1ccc(-n2nc3c(c2NC(=O)CCC2CCCC2)CSC3)c(C)c1. The molecule has 1 saturated carbocycles. The molecule has 4 rings (SSSR count). The fourth-order valence-electron chi connectivity index (χ4n) is 4.19. The maximum atomic E-state index is 12.6. The number of carbonyl (C=O) groups is 1. The minimum Gasteiger partial charge on any atom is -0.310 e. The summed E-state index contributed by atoms with van der Waals surface area (Å²) in [5, 5.41) is 8.03. The largest absolute Gasteiger partial charge is 0.310 e. The molecule has 0 saturated heterocycles. The second kappa shape index (κ2) is 7.47. The van der Waals surface area contributed by atoms with E-state index >= 15 is 0 Å². The normalized spacial score (nSPS) is 16.8. The molecule has 0 unspecified atom stereocenters. The summed E-state index contributed by atoms with van der Waals surface area (Å²) in [6.07, 6.45) is 6.87. The van der Waals surface area contributed by atoms with E-state index in [4.69, 9.17) is 5.10 Å². The summed E-state index contributed by atoms with van der Waals surface area (Å²) in [7, 11) is 0. The van der Waals surface area contributed by atoms with Crippen LogP contribution >= 0.6 is 11.8 Å². The molecule has 138 valence electrons. The second-order valence-corrected chi connectivity index (χ2v) is 8.69. The Morgan fingerprint density at radius 1 is 1.27 bits per heavy atom. The number of carbonyl (C=O) groups excluding carboxylic acids is 1. The van der Waals surface area contributed by atoms with Crippen LogP contribution in [0.25, 0.3) is 5.69 Å². The van der Waals surface area contributed by atoms with Gasteiger partial charge >= 0.3 is 0 Å². The Bertz CT molecular complexity index is 821. The summed E-state index contributed by atoms with van der Waals surface area (Å²) >= 11 is 1.87. The second-order valence-electron chi connectivity index (χ2n) is 7.71. The lowest BCUT2D eigenvalue weighted by atomic mass is 10.0. The van der Waals surface area contributed by atoms with Crippen LogP contribution in [0.2, 0.25) is 0 Å². The first-order valence-corrected chi connectivity index (χ1v) is 10.8. The predicted octanol–water partition coefficient (Wildman–Crippen LogP) is 5.14. The number of aryl methyl sites for hydroxylation is 2. The lowest BCUT2D eigenvalue weighted by Gasteiger charge is -2.14. The van der Waals surface area contributed by atoms with Gasteiger partial charge in [-0.25, -0.2) is 4.68 Å². The van der Waals surface area contributed by atoms with Crippen molar-refractivity contribution in [2.24, 2.45) is 5.92 Å². The van der Waals surface area contributed by atoms with Gasteiger partial charge in [-0.2, -0.15) is 16.9 Å². The van der Waals surface area contributed by atoms with Gasteiger partial charge in [0.05, 0.1) is 11.4 Å². The number of rotatable bonds is 5. The number of amides is 1. The lowest BCUT2D eigenvalue weighted by Crippen LogP contribution is -2.17. The van der Waals surface area contributed by atoms with Crippen molar-refractivity contribution in [2.75, 3.05) is 5.32 Å². The van der Waals surface area contributed by atoms with Crippen LogP contribution in [0.15, 0.2) is 18.2 Å². The third kappa shape index (κ3) is 3.54. The van der Waals surface area contributed by atoms with E-state index in [2.05, 4.69) is 37.4 Å². The first kappa shape index (κ1) is 17.7. The molecule has 4 nitrogen and oxygen atoms in total. The maximum absolute atomic E-state index is 12.6. The zero-order chi connectivity index (χ0) is 18.1. The number of hydrogen-bond donors (Lipinski definition) is 1. The van der Waals surface area contributed by atoms with Crippen LogP contribution < -0.4 is 5.32 Å². The quantitative estimate of drug-likeness (QED) is 0.793. The predicted molar refractivity (Wildman–Crippen MR) is 108 cm³/mol. The van der Waals surface area contributed by atoms with Gasteiger partial charge in [0.15, 0.2) is 0 Å². The molecule has 1 aromatic heterocycles. The highest BCUT2D eigenvalue weighted by atomic mass is 32.2. The minimum atomic E-state index is 0.127. The molecule has 1 aliphatic carbocycles. The van der Waals surface area contributed by atoms with E-state index < -0.39 is 0 Å². The number of aromatic nitrogens is 2. The highest BCUT2D eigenvalue weighted by Gasteiger charge is 2.25. The summed E-state index contributed by atoms with van der Waals surface area (Å²) in [6, 6.07) is 6.38. The molecule has 2 aliphatic rings. The highest BCUT2D eigenvalue weighted by molar-refractivity contribution is 7.98. The summed E-state index contributed by atoms with van der Waals surface area (Å²) in [5.74, 6) is 3.61. The van der Waals surface area contributed by atoms with Crippen molar-refractivity contribution in [2.45, 2.75) is 63.9 Å². The number of hydrogen-bond acceptors (Lipinski definition) is 3. The minimum absolute atomic E-state index is 0.127. The molecule has 2 aromatic rings. The fraction of sp³-hybridized carbons (Fsp3) is 0.524. The summed E-state index contributed by atoms with van der Waals surface area (Å²) < 4.78 is 1.95. The fourth-order valence-corrected chi connectivity index (χ4v) is 5.22. The molecular formula is C21H27N3OS. The monoisotopic (exact) mass is 369 g/mol.